The van der Waals surface area contributed by atoms with Crippen molar-refractivity contribution < 1.29 is 9.59 Å². The van der Waals surface area contributed by atoms with Crippen LogP contribution in [-0.4, -0.2) is 48.9 Å². The molecule has 5 nitrogen and oxygen atoms in total. The topological polar surface area (TPSA) is 61.4 Å². The van der Waals surface area contributed by atoms with Crippen LogP contribution in [-0.2, 0) is 9.59 Å². The molecular formula is C10H18ClN3O2. The van der Waals surface area contributed by atoms with Gasteiger partial charge in [-0.2, -0.15) is 0 Å². The van der Waals surface area contributed by atoms with Gasteiger partial charge in [0.05, 0.1) is 12.5 Å². The highest BCUT2D eigenvalue weighted by Crippen LogP contribution is 2.18. The zero-order valence-electron chi connectivity index (χ0n) is 9.36. The molecule has 0 aromatic heterocycles. The zero-order valence-corrected chi connectivity index (χ0v) is 10.2. The summed E-state index contributed by atoms with van der Waals surface area (Å²) in [7, 11) is 1.77. The van der Waals surface area contributed by atoms with Crippen molar-refractivity contribution in [3.63, 3.8) is 0 Å². The van der Waals surface area contributed by atoms with Gasteiger partial charge in [0.2, 0.25) is 11.8 Å². The average molecular weight is 248 g/mol. The first-order valence-corrected chi connectivity index (χ1v) is 5.44. The van der Waals surface area contributed by atoms with Crippen molar-refractivity contribution in [2.75, 3.05) is 20.1 Å². The van der Waals surface area contributed by atoms with E-state index in [1.165, 1.54) is 0 Å². The van der Waals surface area contributed by atoms with Gasteiger partial charge in [-0.3, -0.25) is 9.59 Å². The van der Waals surface area contributed by atoms with Gasteiger partial charge in [-0.1, -0.05) is 0 Å². The lowest BCUT2D eigenvalue weighted by atomic mass is 10.1. The summed E-state index contributed by atoms with van der Waals surface area (Å²) in [4.78, 5) is 24.8. The summed E-state index contributed by atoms with van der Waals surface area (Å²) in [5, 5.41) is 5.96. The minimum atomic E-state index is -0.331. The molecule has 1 atom stereocenters. The third kappa shape index (κ3) is 3.35. The van der Waals surface area contributed by atoms with E-state index in [0.29, 0.717) is 6.04 Å². The maximum absolute atomic E-state index is 11.6. The van der Waals surface area contributed by atoms with Crippen molar-refractivity contribution in [2.24, 2.45) is 0 Å². The Bertz CT molecular complexity index is 281. The van der Waals surface area contributed by atoms with Gasteiger partial charge in [0.25, 0.3) is 0 Å². The van der Waals surface area contributed by atoms with Crippen LogP contribution in [0.4, 0.5) is 0 Å². The maximum Gasteiger partial charge on any atom is 0.240 e. The van der Waals surface area contributed by atoms with Crippen molar-refractivity contribution in [3.05, 3.63) is 0 Å². The molecule has 16 heavy (non-hydrogen) atoms. The molecule has 2 rings (SSSR count). The summed E-state index contributed by atoms with van der Waals surface area (Å²) in [6.07, 6.45) is 2.43. The molecule has 2 amide bonds. The van der Waals surface area contributed by atoms with Crippen LogP contribution >= 0.6 is 12.4 Å². The average Bonchev–Trinajstić information content (AvgIpc) is 2.97. The second-order valence-corrected chi connectivity index (χ2v) is 4.31. The molecule has 1 aliphatic heterocycles. The van der Waals surface area contributed by atoms with Crippen LogP contribution in [0.25, 0.3) is 0 Å². The third-order valence-corrected chi connectivity index (χ3v) is 2.84. The van der Waals surface area contributed by atoms with Gasteiger partial charge in [-0.15, -0.1) is 12.4 Å². The molecule has 0 spiro atoms. The van der Waals surface area contributed by atoms with Crippen LogP contribution in [0.5, 0.6) is 0 Å². The SMILES string of the molecule is CN1CCNC(CC(=O)NC2CC2)C1=O.Cl. The van der Waals surface area contributed by atoms with E-state index < -0.39 is 0 Å². The fraction of sp³-hybridized carbons (Fsp3) is 0.800. The van der Waals surface area contributed by atoms with E-state index in [1.807, 2.05) is 0 Å². The first-order valence-electron chi connectivity index (χ1n) is 5.44. The lowest BCUT2D eigenvalue weighted by Crippen LogP contribution is -2.54. The molecule has 0 bridgehead atoms. The quantitative estimate of drug-likeness (QED) is 0.708. The fourth-order valence-electron chi connectivity index (χ4n) is 1.73. The number of nitrogens with zero attached hydrogens (tertiary/aromatic N) is 1. The largest absolute Gasteiger partial charge is 0.353 e. The highest BCUT2D eigenvalue weighted by atomic mass is 35.5. The molecule has 92 valence electrons. The number of halogens is 1. The van der Waals surface area contributed by atoms with E-state index in [1.54, 1.807) is 11.9 Å². The van der Waals surface area contributed by atoms with Gasteiger partial charge < -0.3 is 15.5 Å². The van der Waals surface area contributed by atoms with Gasteiger partial charge >= 0.3 is 0 Å². The van der Waals surface area contributed by atoms with Gasteiger partial charge in [0.15, 0.2) is 0 Å². The predicted molar refractivity (Wildman–Crippen MR) is 62.5 cm³/mol. The number of hydrogen-bond acceptors (Lipinski definition) is 3. The Hall–Kier alpha value is -0.810. The Morgan fingerprint density at radius 3 is 2.88 bits per heavy atom. The Morgan fingerprint density at radius 2 is 2.25 bits per heavy atom. The Balaban J connectivity index is 0.00000128. The number of hydrogen-bond donors (Lipinski definition) is 2. The van der Waals surface area contributed by atoms with Gasteiger partial charge in [-0.25, -0.2) is 0 Å². The van der Waals surface area contributed by atoms with E-state index >= 15 is 0 Å². The van der Waals surface area contributed by atoms with E-state index in [4.69, 9.17) is 0 Å². The molecule has 0 aromatic carbocycles. The summed E-state index contributed by atoms with van der Waals surface area (Å²) in [6.45, 7) is 1.49. The van der Waals surface area contributed by atoms with E-state index in [2.05, 4.69) is 10.6 Å². The summed E-state index contributed by atoms with van der Waals surface area (Å²) in [6, 6.07) is 0.0384. The number of rotatable bonds is 3. The van der Waals surface area contributed by atoms with Crippen molar-refractivity contribution in [2.45, 2.75) is 31.3 Å². The molecule has 6 heteroatoms. The Labute approximate surface area is 101 Å². The van der Waals surface area contributed by atoms with Gasteiger partial charge in [0.1, 0.15) is 0 Å². The summed E-state index contributed by atoms with van der Waals surface area (Å²) in [5.74, 6) is 0.00541. The standard InChI is InChI=1S/C10H17N3O2.ClH/c1-13-5-4-11-8(10(13)15)6-9(14)12-7-2-3-7;/h7-8,11H,2-6H2,1H3,(H,12,14);1H. The smallest absolute Gasteiger partial charge is 0.240 e. The van der Waals surface area contributed by atoms with Gasteiger partial charge in [-0.05, 0) is 12.8 Å². The number of carbonyl (C=O) groups is 2. The highest BCUT2D eigenvalue weighted by Gasteiger charge is 2.30. The summed E-state index contributed by atoms with van der Waals surface area (Å²) < 4.78 is 0. The van der Waals surface area contributed by atoms with Crippen molar-refractivity contribution in [1.82, 2.24) is 15.5 Å². The van der Waals surface area contributed by atoms with Crippen LogP contribution in [0.15, 0.2) is 0 Å². The summed E-state index contributed by atoms with van der Waals surface area (Å²) in [5.41, 5.74) is 0. The van der Waals surface area contributed by atoms with Gasteiger partial charge in [0, 0.05) is 26.2 Å². The van der Waals surface area contributed by atoms with E-state index in [9.17, 15) is 9.59 Å². The second-order valence-electron chi connectivity index (χ2n) is 4.31. The maximum atomic E-state index is 11.6. The molecule has 0 aromatic rings. The molecule has 2 N–H and O–H groups in total. The normalized spacial score (nSPS) is 24.9. The van der Waals surface area contributed by atoms with Crippen LogP contribution in [0.2, 0.25) is 0 Å². The third-order valence-electron chi connectivity index (χ3n) is 2.84. The Morgan fingerprint density at radius 1 is 1.56 bits per heavy atom. The molecule has 1 unspecified atom stereocenters. The lowest BCUT2D eigenvalue weighted by Gasteiger charge is -2.29. The molecule has 2 fully saturated rings. The number of amides is 2. The minimum Gasteiger partial charge on any atom is -0.353 e. The van der Waals surface area contributed by atoms with Crippen LogP contribution in [0.1, 0.15) is 19.3 Å². The molecule has 1 heterocycles. The molecule has 0 radical (unpaired) electrons. The zero-order chi connectivity index (χ0) is 10.8. The van der Waals surface area contributed by atoms with Crippen LogP contribution in [0.3, 0.4) is 0 Å². The Kier molecular flexibility index (Phi) is 4.56. The number of likely N-dealkylation sites (N-methyl/N-ethyl adjacent to an activating group) is 1. The first-order chi connectivity index (χ1) is 7.16. The van der Waals surface area contributed by atoms with Crippen molar-refractivity contribution >= 4 is 24.2 Å². The molecule has 2 aliphatic rings. The van der Waals surface area contributed by atoms with Crippen molar-refractivity contribution in [3.8, 4) is 0 Å². The fourth-order valence-corrected chi connectivity index (χ4v) is 1.73. The second kappa shape index (κ2) is 5.50. The lowest BCUT2D eigenvalue weighted by molar-refractivity contribution is -0.136. The molecule has 1 aliphatic carbocycles. The van der Waals surface area contributed by atoms with E-state index in [-0.39, 0.29) is 36.7 Å². The molecule has 1 saturated carbocycles. The highest BCUT2D eigenvalue weighted by molar-refractivity contribution is 5.88. The summed E-state index contributed by atoms with van der Waals surface area (Å²) >= 11 is 0. The van der Waals surface area contributed by atoms with E-state index in [0.717, 1.165) is 25.9 Å². The van der Waals surface area contributed by atoms with Crippen LogP contribution in [0, 0.1) is 0 Å². The molecular weight excluding hydrogens is 230 g/mol. The minimum absolute atomic E-state index is 0. The number of nitrogens with one attached hydrogen (secondary N) is 2. The van der Waals surface area contributed by atoms with Crippen molar-refractivity contribution in [1.29, 1.82) is 0 Å². The van der Waals surface area contributed by atoms with Crippen LogP contribution < -0.4 is 10.6 Å². The monoisotopic (exact) mass is 247 g/mol. The molecule has 1 saturated heterocycles. The predicted octanol–water partition coefficient (Wildman–Crippen LogP) is -0.493. The first kappa shape index (κ1) is 13.3. The number of carbonyl (C=O) groups excluding carboxylic acids is 2. The number of piperazine rings is 1.